The Labute approximate surface area is 264 Å². The number of aryl methyl sites for hydroxylation is 2. The second-order valence-electron chi connectivity index (χ2n) is 10.3. The normalized spacial score (nSPS) is 14.2. The first-order valence-corrected chi connectivity index (χ1v) is 15.0. The van der Waals surface area contributed by atoms with Crippen LogP contribution in [0.3, 0.4) is 0 Å². The summed E-state index contributed by atoms with van der Waals surface area (Å²) in [6.45, 7) is 6.92. The third-order valence-electron chi connectivity index (χ3n) is 6.90. The Balaban J connectivity index is 1.40. The summed E-state index contributed by atoms with van der Waals surface area (Å²) in [5.41, 5.74) is 6.40. The number of nitrogens with one attached hydrogen (secondary N) is 1. The van der Waals surface area contributed by atoms with E-state index < -0.39 is 17.8 Å². The lowest BCUT2D eigenvalue weighted by Crippen LogP contribution is -2.54. The summed E-state index contributed by atoms with van der Waals surface area (Å²) in [6, 6.07) is 25.7. The van der Waals surface area contributed by atoms with Crippen molar-refractivity contribution in [1.29, 1.82) is 0 Å². The number of imide groups is 2. The molecule has 218 valence electrons. The van der Waals surface area contributed by atoms with E-state index in [0.717, 1.165) is 19.6 Å². The summed E-state index contributed by atoms with van der Waals surface area (Å²) in [6.07, 6.45) is 2.18. The van der Waals surface area contributed by atoms with E-state index in [1.54, 1.807) is 24.3 Å². The lowest BCUT2D eigenvalue weighted by molar-refractivity contribution is -0.122. The number of hydrogen-bond acceptors (Lipinski definition) is 5. The number of halogens is 1. The van der Waals surface area contributed by atoms with Gasteiger partial charge in [0.2, 0.25) is 0 Å². The highest BCUT2D eigenvalue weighted by atomic mass is 127. The fourth-order valence-corrected chi connectivity index (χ4v) is 5.85. The first-order valence-electron chi connectivity index (χ1n) is 13.9. The molecule has 0 bridgehead atoms. The molecule has 4 aromatic carbocycles. The van der Waals surface area contributed by atoms with Crippen molar-refractivity contribution >= 4 is 52.2 Å². The monoisotopic (exact) mass is 686 g/mol. The van der Waals surface area contributed by atoms with Gasteiger partial charge >= 0.3 is 6.03 Å². The van der Waals surface area contributed by atoms with Gasteiger partial charge in [-0.1, -0.05) is 59.7 Å². The number of anilines is 1. The highest BCUT2D eigenvalue weighted by molar-refractivity contribution is 14.1. The minimum absolute atomic E-state index is 0.149. The van der Waals surface area contributed by atoms with E-state index in [9.17, 15) is 14.4 Å². The minimum Gasteiger partial charge on any atom is -0.494 e. The molecular formula is C35H31IN2O5. The van der Waals surface area contributed by atoms with Crippen molar-refractivity contribution in [3.05, 3.63) is 127 Å². The van der Waals surface area contributed by atoms with E-state index >= 15 is 0 Å². The standard InChI is InChI=1S/C35H31IN2O5/c1-4-42-32-20-26(19-31(36)29(32)17-25-15-22(2)14-23(3)16-25)18-30-33(39)37-35(41)38(34(30)40)27-10-12-28(13-11-27)43-21-24-8-6-5-7-9-24/h5-16,18-20H,4,17,21H2,1-3H3,(H,37,39,41)/b30-18+. The Morgan fingerprint density at radius 1 is 0.837 bits per heavy atom. The number of rotatable bonds is 9. The molecule has 0 spiro atoms. The Kier molecular flexibility index (Phi) is 9.25. The van der Waals surface area contributed by atoms with Crippen LogP contribution in [0.15, 0.2) is 90.5 Å². The minimum atomic E-state index is -0.807. The molecular weight excluding hydrogens is 655 g/mol. The second kappa shape index (κ2) is 13.2. The largest absolute Gasteiger partial charge is 0.494 e. The summed E-state index contributed by atoms with van der Waals surface area (Å²) >= 11 is 2.26. The van der Waals surface area contributed by atoms with Gasteiger partial charge in [0, 0.05) is 15.6 Å². The predicted molar refractivity (Wildman–Crippen MR) is 175 cm³/mol. The number of benzene rings is 4. The van der Waals surface area contributed by atoms with Crippen molar-refractivity contribution < 1.29 is 23.9 Å². The van der Waals surface area contributed by atoms with Crippen LogP contribution in [-0.4, -0.2) is 24.5 Å². The van der Waals surface area contributed by atoms with E-state index in [4.69, 9.17) is 9.47 Å². The second-order valence-corrected chi connectivity index (χ2v) is 11.5. The molecule has 0 atom stereocenters. The summed E-state index contributed by atoms with van der Waals surface area (Å²) in [5.74, 6) is -0.188. The molecule has 0 saturated carbocycles. The Morgan fingerprint density at radius 2 is 1.53 bits per heavy atom. The predicted octanol–water partition coefficient (Wildman–Crippen LogP) is 7.14. The van der Waals surface area contributed by atoms with Gasteiger partial charge < -0.3 is 9.47 Å². The number of amides is 4. The molecule has 1 heterocycles. The van der Waals surface area contributed by atoms with Gasteiger partial charge in [-0.15, -0.1) is 0 Å². The van der Waals surface area contributed by atoms with Gasteiger partial charge in [-0.25, -0.2) is 9.69 Å². The van der Waals surface area contributed by atoms with Crippen molar-refractivity contribution in [2.75, 3.05) is 11.5 Å². The smallest absolute Gasteiger partial charge is 0.335 e. The average molecular weight is 687 g/mol. The average Bonchev–Trinajstić information content (AvgIpc) is 2.97. The van der Waals surface area contributed by atoms with Gasteiger partial charge in [0.05, 0.1) is 12.3 Å². The lowest BCUT2D eigenvalue weighted by Gasteiger charge is -2.26. The molecule has 0 aliphatic carbocycles. The zero-order chi connectivity index (χ0) is 30.5. The molecule has 4 amide bonds. The van der Waals surface area contributed by atoms with Crippen LogP contribution in [-0.2, 0) is 22.6 Å². The summed E-state index contributed by atoms with van der Waals surface area (Å²) in [4.78, 5) is 40.1. The maximum absolute atomic E-state index is 13.5. The number of carbonyl (C=O) groups is 3. The summed E-state index contributed by atoms with van der Waals surface area (Å²) < 4.78 is 12.8. The van der Waals surface area contributed by atoms with E-state index in [1.165, 1.54) is 22.8 Å². The highest BCUT2D eigenvalue weighted by Crippen LogP contribution is 2.31. The molecule has 1 aliphatic rings. The van der Waals surface area contributed by atoms with E-state index in [-0.39, 0.29) is 5.57 Å². The number of nitrogens with zero attached hydrogens (tertiary/aromatic N) is 1. The third-order valence-corrected chi connectivity index (χ3v) is 7.86. The third kappa shape index (κ3) is 7.14. The van der Waals surface area contributed by atoms with Crippen molar-refractivity contribution in [2.45, 2.75) is 33.8 Å². The van der Waals surface area contributed by atoms with Crippen LogP contribution in [0.25, 0.3) is 6.08 Å². The molecule has 43 heavy (non-hydrogen) atoms. The maximum atomic E-state index is 13.5. The maximum Gasteiger partial charge on any atom is 0.335 e. The molecule has 1 aliphatic heterocycles. The van der Waals surface area contributed by atoms with Crippen molar-refractivity contribution in [3.8, 4) is 11.5 Å². The highest BCUT2D eigenvalue weighted by Gasteiger charge is 2.37. The first-order chi connectivity index (χ1) is 20.7. The lowest BCUT2D eigenvalue weighted by atomic mass is 9.98. The molecule has 1 fully saturated rings. The number of barbiturate groups is 1. The van der Waals surface area contributed by atoms with E-state index in [2.05, 4.69) is 60.0 Å². The molecule has 0 aromatic heterocycles. The van der Waals surface area contributed by atoms with Crippen LogP contribution < -0.4 is 19.7 Å². The number of ether oxygens (including phenoxy) is 2. The Morgan fingerprint density at radius 3 is 2.21 bits per heavy atom. The van der Waals surface area contributed by atoms with Gasteiger partial charge in [-0.05, 0) is 103 Å². The summed E-state index contributed by atoms with van der Waals surface area (Å²) in [7, 11) is 0. The molecule has 1 N–H and O–H groups in total. The number of hydrogen-bond donors (Lipinski definition) is 1. The Hall–Kier alpha value is -4.44. The fraction of sp³-hybridized carbons (Fsp3) is 0.171. The zero-order valence-electron chi connectivity index (χ0n) is 24.1. The van der Waals surface area contributed by atoms with Gasteiger partial charge in [0.15, 0.2) is 0 Å². The molecule has 0 unspecified atom stereocenters. The van der Waals surface area contributed by atoms with Crippen LogP contribution in [0.2, 0.25) is 0 Å². The SMILES string of the molecule is CCOc1cc(/C=C2\C(=O)NC(=O)N(c3ccc(OCc4ccccc4)cc3)C2=O)cc(I)c1Cc1cc(C)cc(C)c1. The molecule has 1 saturated heterocycles. The van der Waals surface area contributed by atoms with Crippen LogP contribution in [0.1, 0.15) is 40.3 Å². The molecule has 8 heteroatoms. The van der Waals surface area contributed by atoms with Crippen LogP contribution in [0.4, 0.5) is 10.5 Å². The van der Waals surface area contributed by atoms with Gasteiger partial charge in [-0.3, -0.25) is 14.9 Å². The zero-order valence-corrected chi connectivity index (χ0v) is 26.3. The molecule has 0 radical (unpaired) electrons. The van der Waals surface area contributed by atoms with Gasteiger partial charge in [0.1, 0.15) is 23.7 Å². The Bertz CT molecular complexity index is 1690. The van der Waals surface area contributed by atoms with Crippen molar-refractivity contribution in [2.24, 2.45) is 0 Å². The topological polar surface area (TPSA) is 84.9 Å². The van der Waals surface area contributed by atoms with Crippen molar-refractivity contribution in [3.63, 3.8) is 0 Å². The van der Waals surface area contributed by atoms with E-state index in [0.29, 0.717) is 42.4 Å². The van der Waals surface area contributed by atoms with Crippen LogP contribution >= 0.6 is 22.6 Å². The fourth-order valence-electron chi connectivity index (χ4n) is 5.04. The van der Waals surface area contributed by atoms with Gasteiger partial charge in [-0.2, -0.15) is 0 Å². The first kappa shape index (κ1) is 30.0. The van der Waals surface area contributed by atoms with Crippen LogP contribution in [0.5, 0.6) is 11.5 Å². The van der Waals surface area contributed by atoms with Gasteiger partial charge in [0.25, 0.3) is 11.8 Å². The molecule has 5 rings (SSSR count). The van der Waals surface area contributed by atoms with Crippen molar-refractivity contribution in [1.82, 2.24) is 5.32 Å². The molecule has 7 nitrogen and oxygen atoms in total. The molecule has 4 aromatic rings. The van der Waals surface area contributed by atoms with Crippen LogP contribution in [0, 0.1) is 17.4 Å². The quantitative estimate of drug-likeness (QED) is 0.115. The number of carbonyl (C=O) groups excluding carboxylic acids is 3. The van der Waals surface area contributed by atoms with E-state index in [1.807, 2.05) is 49.4 Å². The summed E-state index contributed by atoms with van der Waals surface area (Å²) in [5, 5.41) is 2.29. The number of urea groups is 1.